The molecule has 9 nitrogen and oxygen atoms in total. The summed E-state index contributed by atoms with van der Waals surface area (Å²) >= 11 is 6.24. The van der Waals surface area contributed by atoms with Crippen LogP contribution in [0, 0.1) is 5.92 Å². The fraction of sp³-hybridized carbons (Fsp3) is 0.348. The molecule has 3 amide bonds. The van der Waals surface area contributed by atoms with Crippen LogP contribution in [0.4, 0.5) is 11.4 Å². The number of rotatable bonds is 7. The molecule has 2 aliphatic rings. The number of nitrogens with two attached hydrogens (primary N) is 1. The van der Waals surface area contributed by atoms with Crippen LogP contribution < -0.4 is 31.2 Å². The van der Waals surface area contributed by atoms with Gasteiger partial charge in [-0.25, -0.2) is 0 Å². The number of hydrogen-bond donors (Lipinski definition) is 4. The maximum Gasteiger partial charge on any atom is 0.250 e. The van der Waals surface area contributed by atoms with E-state index in [9.17, 15) is 14.4 Å². The maximum atomic E-state index is 13.6. The monoisotopic (exact) mass is 472 g/mol. The molecule has 2 heterocycles. The topological polar surface area (TPSA) is 132 Å². The lowest BCUT2D eigenvalue weighted by Gasteiger charge is -2.29. The smallest absolute Gasteiger partial charge is 0.250 e. The number of ether oxygens (including phenoxy) is 2. The molecule has 0 radical (unpaired) electrons. The molecule has 0 bridgehead atoms. The highest BCUT2D eigenvalue weighted by Gasteiger charge is 2.60. The van der Waals surface area contributed by atoms with Crippen LogP contribution in [0.2, 0.25) is 5.02 Å². The van der Waals surface area contributed by atoms with E-state index in [-0.39, 0.29) is 24.3 Å². The van der Waals surface area contributed by atoms with Crippen LogP contribution in [-0.4, -0.2) is 38.0 Å². The normalized spacial score (nSPS) is 23.2. The highest BCUT2D eigenvalue weighted by atomic mass is 35.5. The molecule has 33 heavy (non-hydrogen) atoms. The second-order valence-corrected chi connectivity index (χ2v) is 8.58. The molecule has 1 fully saturated rings. The first kappa shape index (κ1) is 22.9. The van der Waals surface area contributed by atoms with E-state index in [2.05, 4.69) is 16.0 Å². The average Bonchev–Trinajstić information content (AvgIpc) is 3.31. The highest BCUT2D eigenvalue weighted by molar-refractivity contribution is 6.31. The van der Waals surface area contributed by atoms with E-state index >= 15 is 0 Å². The molecule has 0 saturated carbocycles. The van der Waals surface area contributed by atoms with Crippen LogP contribution in [0.15, 0.2) is 36.4 Å². The number of fused-ring (bicyclic) bond motifs is 2. The van der Waals surface area contributed by atoms with Gasteiger partial charge >= 0.3 is 0 Å². The quantitative estimate of drug-likeness (QED) is 0.489. The molecular weight excluding hydrogens is 448 g/mol. The molecule has 2 aromatic rings. The number of hydrogen-bond acceptors (Lipinski definition) is 6. The maximum absolute atomic E-state index is 13.6. The second kappa shape index (κ2) is 8.92. The van der Waals surface area contributed by atoms with Crippen molar-refractivity contribution < 1.29 is 23.9 Å². The van der Waals surface area contributed by atoms with Crippen molar-refractivity contribution in [1.82, 2.24) is 5.32 Å². The Labute approximate surface area is 195 Å². The first-order valence-corrected chi connectivity index (χ1v) is 10.9. The first-order chi connectivity index (χ1) is 15.8. The summed E-state index contributed by atoms with van der Waals surface area (Å²) in [6.07, 6.45) is 0.854. The lowest BCUT2D eigenvalue weighted by atomic mass is 9.79. The molecule has 5 N–H and O–H groups in total. The van der Waals surface area contributed by atoms with Gasteiger partial charge in [0.2, 0.25) is 17.7 Å². The Hall–Kier alpha value is -3.30. The summed E-state index contributed by atoms with van der Waals surface area (Å²) in [5.41, 5.74) is 5.59. The van der Waals surface area contributed by atoms with E-state index in [0.717, 1.165) is 0 Å². The molecule has 2 aliphatic heterocycles. The van der Waals surface area contributed by atoms with Crippen LogP contribution in [0.1, 0.15) is 24.8 Å². The molecular formula is C23H25ClN4O5. The zero-order valence-electron chi connectivity index (χ0n) is 18.2. The molecule has 2 aromatic carbocycles. The van der Waals surface area contributed by atoms with Gasteiger partial charge in [-0.3, -0.25) is 19.7 Å². The molecule has 0 aliphatic carbocycles. The van der Waals surface area contributed by atoms with Crippen LogP contribution in [0.5, 0.6) is 11.5 Å². The third-order valence-corrected chi connectivity index (χ3v) is 6.44. The fourth-order valence-corrected chi connectivity index (χ4v) is 4.84. The summed E-state index contributed by atoms with van der Waals surface area (Å²) in [4.78, 5) is 38.3. The molecule has 0 unspecified atom stereocenters. The van der Waals surface area contributed by atoms with Crippen LogP contribution in [0.3, 0.4) is 0 Å². The van der Waals surface area contributed by atoms with Gasteiger partial charge in [0.05, 0.1) is 25.8 Å². The number of amides is 3. The van der Waals surface area contributed by atoms with E-state index in [1.54, 1.807) is 36.4 Å². The Balaban J connectivity index is 1.72. The molecule has 1 saturated heterocycles. The molecule has 174 valence electrons. The van der Waals surface area contributed by atoms with Crippen LogP contribution in [0.25, 0.3) is 0 Å². The number of nitrogens with one attached hydrogen (secondary N) is 3. The van der Waals surface area contributed by atoms with Crippen LogP contribution in [-0.2, 0) is 19.9 Å². The van der Waals surface area contributed by atoms with Crippen molar-refractivity contribution in [3.05, 3.63) is 47.0 Å². The minimum atomic E-state index is -1.33. The first-order valence-electron chi connectivity index (χ1n) is 10.5. The Morgan fingerprint density at radius 2 is 2.00 bits per heavy atom. The number of primary amides is 1. The largest absolute Gasteiger partial charge is 0.497 e. The molecule has 3 atom stereocenters. The summed E-state index contributed by atoms with van der Waals surface area (Å²) in [7, 11) is 3.02. The SMILES string of the molecule is COc1ccc(OC)c(NC(=O)[C@H]2C[C@H](CCC(N)=O)N[C@]23C(=O)Nc2ccc(Cl)cc23)c1. The minimum Gasteiger partial charge on any atom is -0.497 e. The second-order valence-electron chi connectivity index (χ2n) is 8.14. The molecule has 4 rings (SSSR count). The third kappa shape index (κ3) is 4.09. The zero-order valence-corrected chi connectivity index (χ0v) is 19.0. The van der Waals surface area contributed by atoms with E-state index in [1.165, 1.54) is 14.2 Å². The number of anilines is 2. The van der Waals surface area contributed by atoms with Crippen molar-refractivity contribution in [3.63, 3.8) is 0 Å². The van der Waals surface area contributed by atoms with Gasteiger partial charge in [0, 0.05) is 34.8 Å². The molecule has 1 spiro atoms. The number of benzene rings is 2. The minimum absolute atomic E-state index is 0.135. The van der Waals surface area contributed by atoms with Crippen LogP contribution >= 0.6 is 11.6 Å². The predicted octanol–water partition coefficient (Wildman–Crippen LogP) is 2.39. The fourth-order valence-electron chi connectivity index (χ4n) is 4.67. The Morgan fingerprint density at radius 1 is 1.21 bits per heavy atom. The zero-order chi connectivity index (χ0) is 23.8. The standard InChI is InChI=1S/C23H25ClN4O5/c1-32-14-5-7-19(33-2)18(11-14)26-21(30)16-10-13(4-8-20(25)29)28-23(16)15-9-12(24)3-6-17(15)27-22(23)31/h3,5-7,9,11,13,16,28H,4,8,10H2,1-2H3,(H2,25,29)(H,26,30)(H,27,31)/t13-,16+,23-/m0/s1. The summed E-state index contributed by atoms with van der Waals surface area (Å²) in [6.45, 7) is 0. The lowest BCUT2D eigenvalue weighted by Crippen LogP contribution is -2.52. The highest BCUT2D eigenvalue weighted by Crippen LogP contribution is 2.48. The van der Waals surface area contributed by atoms with Crippen molar-refractivity contribution in [2.75, 3.05) is 24.9 Å². The Morgan fingerprint density at radius 3 is 2.70 bits per heavy atom. The van der Waals surface area contributed by atoms with Crippen molar-refractivity contribution >= 4 is 40.7 Å². The molecule has 10 heteroatoms. The van der Waals surface area contributed by atoms with E-state index in [0.29, 0.717) is 46.3 Å². The van der Waals surface area contributed by atoms with E-state index < -0.39 is 17.4 Å². The summed E-state index contributed by atoms with van der Waals surface area (Å²) in [6, 6.07) is 9.84. The van der Waals surface area contributed by atoms with Crippen molar-refractivity contribution in [2.24, 2.45) is 11.7 Å². The van der Waals surface area contributed by atoms with Gasteiger partial charge in [-0.15, -0.1) is 0 Å². The number of carbonyl (C=O) groups is 3. The van der Waals surface area contributed by atoms with Crippen molar-refractivity contribution in [1.29, 1.82) is 0 Å². The van der Waals surface area contributed by atoms with Gasteiger partial charge < -0.3 is 25.8 Å². The van der Waals surface area contributed by atoms with Gasteiger partial charge in [0.15, 0.2) is 0 Å². The van der Waals surface area contributed by atoms with E-state index in [4.69, 9.17) is 26.8 Å². The number of methoxy groups -OCH3 is 2. The predicted molar refractivity (Wildman–Crippen MR) is 123 cm³/mol. The van der Waals surface area contributed by atoms with Gasteiger partial charge in [0.25, 0.3) is 0 Å². The number of halogens is 1. The van der Waals surface area contributed by atoms with E-state index in [1.807, 2.05) is 0 Å². The summed E-state index contributed by atoms with van der Waals surface area (Å²) in [5, 5.41) is 9.52. The van der Waals surface area contributed by atoms with Gasteiger partial charge in [-0.2, -0.15) is 0 Å². The lowest BCUT2D eigenvalue weighted by molar-refractivity contribution is -0.130. The summed E-state index contributed by atoms with van der Waals surface area (Å²) < 4.78 is 10.6. The molecule has 0 aromatic heterocycles. The van der Waals surface area contributed by atoms with Gasteiger partial charge in [-0.1, -0.05) is 11.6 Å². The Bertz CT molecular complexity index is 1120. The van der Waals surface area contributed by atoms with Crippen molar-refractivity contribution in [2.45, 2.75) is 30.8 Å². The third-order valence-electron chi connectivity index (χ3n) is 6.21. The number of carbonyl (C=O) groups excluding carboxylic acids is 3. The average molecular weight is 473 g/mol. The van der Waals surface area contributed by atoms with Gasteiger partial charge in [0.1, 0.15) is 17.0 Å². The summed E-state index contributed by atoms with van der Waals surface area (Å²) in [5.74, 6) is -0.961. The Kier molecular flexibility index (Phi) is 6.18. The van der Waals surface area contributed by atoms with Gasteiger partial charge in [-0.05, 0) is 43.2 Å². The van der Waals surface area contributed by atoms with Crippen molar-refractivity contribution in [3.8, 4) is 11.5 Å².